The molecule has 78 valence electrons. The summed E-state index contributed by atoms with van der Waals surface area (Å²) in [7, 11) is 1.40. The summed E-state index contributed by atoms with van der Waals surface area (Å²) in [5.74, 6) is -0.199. The van der Waals surface area contributed by atoms with Crippen LogP contribution in [0, 0.1) is 0 Å². The van der Waals surface area contributed by atoms with E-state index in [1.54, 1.807) is 0 Å². The van der Waals surface area contributed by atoms with Crippen molar-refractivity contribution in [2.45, 2.75) is 19.3 Å². The summed E-state index contributed by atoms with van der Waals surface area (Å²) in [6, 6.07) is 6.44. The van der Waals surface area contributed by atoms with Gasteiger partial charge in [-0.05, 0) is 29.5 Å². The van der Waals surface area contributed by atoms with E-state index in [-0.39, 0.29) is 5.97 Å². The maximum Gasteiger partial charge on any atom is 0.309 e. The summed E-state index contributed by atoms with van der Waals surface area (Å²) in [5.41, 5.74) is 4.06. The van der Waals surface area contributed by atoms with Crippen LogP contribution in [-0.2, 0) is 22.4 Å². The second kappa shape index (κ2) is 4.30. The van der Waals surface area contributed by atoms with Gasteiger partial charge in [-0.15, -0.1) is 0 Å². The van der Waals surface area contributed by atoms with Crippen LogP contribution in [0.3, 0.4) is 0 Å². The Balaban J connectivity index is 1.98. The molecule has 0 unspecified atom stereocenters. The third-order valence-corrected chi connectivity index (χ3v) is 2.72. The van der Waals surface area contributed by atoms with Gasteiger partial charge < -0.3 is 4.74 Å². The van der Waals surface area contributed by atoms with Gasteiger partial charge in [0.15, 0.2) is 0 Å². The van der Waals surface area contributed by atoms with E-state index in [2.05, 4.69) is 22.9 Å². The van der Waals surface area contributed by atoms with E-state index in [1.165, 1.54) is 31.1 Å². The van der Waals surface area contributed by atoms with Crippen molar-refractivity contribution >= 4 is 12.0 Å². The molecule has 0 heterocycles. The number of rotatable bonds is 3. The Labute approximate surface area is 89.6 Å². The molecule has 0 radical (unpaired) electrons. The number of hydrogen-bond acceptors (Lipinski definition) is 2. The molecule has 1 aromatic carbocycles. The van der Waals surface area contributed by atoms with Crippen molar-refractivity contribution < 1.29 is 9.53 Å². The number of fused-ring (bicyclic) bond motifs is 1. The molecule has 1 aliphatic carbocycles. The van der Waals surface area contributed by atoms with Gasteiger partial charge in [-0.3, -0.25) is 4.79 Å². The minimum Gasteiger partial charge on any atom is -0.469 e. The molecule has 0 saturated heterocycles. The molecule has 0 aromatic heterocycles. The lowest BCUT2D eigenvalue weighted by molar-refractivity contribution is -0.139. The predicted molar refractivity (Wildman–Crippen MR) is 59.5 cm³/mol. The SMILES string of the molecule is COC(=O)CC=Cc1ccc2c(c1)CC2. The topological polar surface area (TPSA) is 26.3 Å². The highest BCUT2D eigenvalue weighted by atomic mass is 16.5. The molecule has 2 heteroatoms. The van der Waals surface area contributed by atoms with Gasteiger partial charge >= 0.3 is 5.97 Å². The van der Waals surface area contributed by atoms with Crippen LogP contribution in [-0.4, -0.2) is 13.1 Å². The van der Waals surface area contributed by atoms with E-state index in [1.807, 2.05) is 12.2 Å². The summed E-state index contributed by atoms with van der Waals surface area (Å²) in [4.78, 5) is 10.9. The Hall–Kier alpha value is -1.57. The number of ether oxygens (including phenoxy) is 1. The second-order valence-corrected chi connectivity index (χ2v) is 3.71. The molecule has 0 fully saturated rings. The molecule has 2 rings (SSSR count). The molecular weight excluding hydrogens is 188 g/mol. The summed E-state index contributed by atoms with van der Waals surface area (Å²) >= 11 is 0. The number of methoxy groups -OCH3 is 1. The molecule has 1 aliphatic rings. The second-order valence-electron chi connectivity index (χ2n) is 3.71. The molecule has 0 atom stereocenters. The normalized spacial score (nSPS) is 13.4. The molecule has 0 amide bonds. The van der Waals surface area contributed by atoms with Gasteiger partial charge in [0.2, 0.25) is 0 Å². The van der Waals surface area contributed by atoms with Gasteiger partial charge in [0.05, 0.1) is 13.5 Å². The van der Waals surface area contributed by atoms with Gasteiger partial charge in [0.1, 0.15) is 0 Å². The molecule has 1 aromatic rings. The van der Waals surface area contributed by atoms with Crippen molar-refractivity contribution in [3.8, 4) is 0 Å². The van der Waals surface area contributed by atoms with Crippen molar-refractivity contribution in [1.82, 2.24) is 0 Å². The first-order valence-corrected chi connectivity index (χ1v) is 5.15. The Morgan fingerprint density at radius 1 is 1.40 bits per heavy atom. The predicted octanol–water partition coefficient (Wildman–Crippen LogP) is 2.36. The lowest BCUT2D eigenvalue weighted by Gasteiger charge is -2.18. The van der Waals surface area contributed by atoms with Gasteiger partial charge in [0.25, 0.3) is 0 Å². The van der Waals surface area contributed by atoms with Crippen LogP contribution >= 0.6 is 0 Å². The van der Waals surface area contributed by atoms with Crippen LogP contribution in [0.5, 0.6) is 0 Å². The molecular formula is C13H14O2. The smallest absolute Gasteiger partial charge is 0.309 e. The first kappa shape index (κ1) is 9.97. The van der Waals surface area contributed by atoms with Gasteiger partial charge in [-0.1, -0.05) is 30.4 Å². The zero-order valence-corrected chi connectivity index (χ0v) is 8.82. The fraction of sp³-hybridized carbons (Fsp3) is 0.308. The number of carbonyl (C=O) groups excluding carboxylic acids is 1. The number of carbonyl (C=O) groups is 1. The highest BCUT2D eigenvalue weighted by Crippen LogP contribution is 2.24. The average Bonchev–Trinajstić information content (AvgIpc) is 2.21. The molecule has 0 spiro atoms. The average molecular weight is 202 g/mol. The molecule has 0 saturated carbocycles. The van der Waals surface area contributed by atoms with Gasteiger partial charge in [0, 0.05) is 0 Å². The van der Waals surface area contributed by atoms with Crippen LogP contribution in [0.4, 0.5) is 0 Å². The third kappa shape index (κ3) is 2.27. The van der Waals surface area contributed by atoms with Crippen molar-refractivity contribution in [3.63, 3.8) is 0 Å². The van der Waals surface area contributed by atoms with Crippen LogP contribution < -0.4 is 0 Å². The first-order valence-electron chi connectivity index (χ1n) is 5.15. The summed E-state index contributed by atoms with van der Waals surface area (Å²) < 4.78 is 4.55. The quantitative estimate of drug-likeness (QED) is 0.703. The molecule has 0 N–H and O–H groups in total. The Bertz CT molecular complexity index is 405. The summed E-state index contributed by atoms with van der Waals surface area (Å²) in [6.07, 6.45) is 6.55. The van der Waals surface area contributed by atoms with Crippen LogP contribution in [0.1, 0.15) is 23.1 Å². The van der Waals surface area contributed by atoms with E-state index in [4.69, 9.17) is 0 Å². The lowest BCUT2D eigenvalue weighted by Crippen LogP contribution is -2.07. The molecule has 0 bridgehead atoms. The highest BCUT2D eigenvalue weighted by Gasteiger charge is 2.11. The fourth-order valence-corrected chi connectivity index (χ4v) is 1.69. The van der Waals surface area contributed by atoms with Crippen molar-refractivity contribution in [3.05, 3.63) is 41.0 Å². The van der Waals surface area contributed by atoms with Crippen molar-refractivity contribution in [2.75, 3.05) is 7.11 Å². The largest absolute Gasteiger partial charge is 0.469 e. The van der Waals surface area contributed by atoms with E-state index in [9.17, 15) is 4.79 Å². The van der Waals surface area contributed by atoms with Crippen LogP contribution in [0.25, 0.3) is 6.08 Å². The Morgan fingerprint density at radius 2 is 2.20 bits per heavy atom. The minimum atomic E-state index is -0.199. The summed E-state index contributed by atoms with van der Waals surface area (Å²) in [5, 5.41) is 0. The van der Waals surface area contributed by atoms with E-state index < -0.39 is 0 Å². The lowest BCUT2D eigenvalue weighted by atomic mass is 9.87. The van der Waals surface area contributed by atoms with E-state index in [0.29, 0.717) is 6.42 Å². The van der Waals surface area contributed by atoms with E-state index >= 15 is 0 Å². The number of aryl methyl sites for hydroxylation is 2. The monoisotopic (exact) mass is 202 g/mol. The molecule has 15 heavy (non-hydrogen) atoms. The maximum atomic E-state index is 10.9. The fourth-order valence-electron chi connectivity index (χ4n) is 1.69. The Kier molecular flexibility index (Phi) is 2.86. The van der Waals surface area contributed by atoms with Gasteiger partial charge in [-0.2, -0.15) is 0 Å². The van der Waals surface area contributed by atoms with Gasteiger partial charge in [-0.25, -0.2) is 0 Å². The van der Waals surface area contributed by atoms with Crippen molar-refractivity contribution in [1.29, 1.82) is 0 Å². The number of hydrogen-bond donors (Lipinski definition) is 0. The third-order valence-electron chi connectivity index (χ3n) is 2.72. The standard InChI is InChI=1S/C13H14O2/c1-15-13(14)4-2-3-10-5-6-11-7-8-12(11)9-10/h2-3,5-6,9H,4,7-8H2,1H3. The van der Waals surface area contributed by atoms with Crippen LogP contribution in [0.15, 0.2) is 24.3 Å². The zero-order chi connectivity index (χ0) is 10.7. The molecule has 2 nitrogen and oxygen atoms in total. The summed E-state index contributed by atoms with van der Waals surface area (Å²) in [6.45, 7) is 0. The number of esters is 1. The Morgan fingerprint density at radius 3 is 2.80 bits per heavy atom. The molecule has 0 aliphatic heterocycles. The van der Waals surface area contributed by atoms with E-state index in [0.717, 1.165) is 5.56 Å². The van der Waals surface area contributed by atoms with Crippen molar-refractivity contribution in [2.24, 2.45) is 0 Å². The zero-order valence-electron chi connectivity index (χ0n) is 8.82. The minimum absolute atomic E-state index is 0.199. The maximum absolute atomic E-state index is 10.9. The van der Waals surface area contributed by atoms with Crippen LogP contribution in [0.2, 0.25) is 0 Å². The number of benzene rings is 1. The first-order chi connectivity index (χ1) is 7.29. The highest BCUT2D eigenvalue weighted by molar-refractivity contribution is 5.72.